The van der Waals surface area contributed by atoms with Crippen molar-refractivity contribution in [3.05, 3.63) is 12.2 Å². The summed E-state index contributed by atoms with van der Waals surface area (Å²) in [7, 11) is 5.53. The van der Waals surface area contributed by atoms with Gasteiger partial charge in [-0.2, -0.15) is 0 Å². The lowest BCUT2D eigenvalue weighted by molar-refractivity contribution is -0.131. The summed E-state index contributed by atoms with van der Waals surface area (Å²) >= 11 is 0. The molecule has 0 aromatic rings. The molecule has 1 rings (SSSR count). The number of rotatable bonds is 6. The maximum atomic E-state index is 11.8. The molecule has 0 aliphatic heterocycles. The summed E-state index contributed by atoms with van der Waals surface area (Å²) in [6, 6.07) is 0.306. The van der Waals surface area contributed by atoms with Crippen molar-refractivity contribution in [2.24, 2.45) is 0 Å². The van der Waals surface area contributed by atoms with E-state index in [1.165, 1.54) is 23.8 Å². The van der Waals surface area contributed by atoms with Gasteiger partial charge >= 0.3 is 0 Å². The van der Waals surface area contributed by atoms with Gasteiger partial charge in [-0.3, -0.25) is 9.59 Å². The van der Waals surface area contributed by atoms with Crippen molar-refractivity contribution >= 4 is 11.8 Å². The SMILES string of the molecule is CN(C)C/C=C/C(=O)N(C)CC(=O)NC1CCCC1. The van der Waals surface area contributed by atoms with Gasteiger partial charge < -0.3 is 15.1 Å². The van der Waals surface area contributed by atoms with Crippen molar-refractivity contribution in [3.63, 3.8) is 0 Å². The molecule has 0 heterocycles. The first-order chi connectivity index (χ1) is 8.99. The van der Waals surface area contributed by atoms with Crippen LogP contribution in [0.2, 0.25) is 0 Å². The maximum absolute atomic E-state index is 11.8. The van der Waals surface area contributed by atoms with Crippen molar-refractivity contribution < 1.29 is 9.59 Å². The predicted octanol–water partition coefficient (Wildman–Crippen LogP) is 0.621. The number of nitrogens with zero attached hydrogens (tertiary/aromatic N) is 2. The number of carbonyl (C=O) groups is 2. The Balaban J connectivity index is 2.28. The largest absolute Gasteiger partial charge is 0.352 e. The van der Waals surface area contributed by atoms with Crippen LogP contribution in [0.5, 0.6) is 0 Å². The second-order valence-corrected chi connectivity index (χ2v) is 5.41. The van der Waals surface area contributed by atoms with Gasteiger partial charge in [0.2, 0.25) is 11.8 Å². The number of hydrogen-bond acceptors (Lipinski definition) is 3. The van der Waals surface area contributed by atoms with Crippen LogP contribution in [0.25, 0.3) is 0 Å². The highest BCUT2D eigenvalue weighted by Crippen LogP contribution is 2.17. The lowest BCUT2D eigenvalue weighted by Crippen LogP contribution is -2.41. The van der Waals surface area contributed by atoms with E-state index in [9.17, 15) is 9.59 Å². The highest BCUT2D eigenvalue weighted by Gasteiger charge is 2.18. The Bertz CT molecular complexity index is 334. The molecule has 0 bridgehead atoms. The van der Waals surface area contributed by atoms with E-state index in [-0.39, 0.29) is 18.4 Å². The Morgan fingerprint density at radius 2 is 1.84 bits per heavy atom. The summed E-state index contributed by atoms with van der Waals surface area (Å²) in [4.78, 5) is 26.9. The first kappa shape index (κ1) is 15.7. The topological polar surface area (TPSA) is 52.7 Å². The number of nitrogens with one attached hydrogen (secondary N) is 1. The van der Waals surface area contributed by atoms with Crippen LogP contribution in [-0.2, 0) is 9.59 Å². The average molecular weight is 267 g/mol. The van der Waals surface area contributed by atoms with Crippen LogP contribution in [0.4, 0.5) is 0 Å². The molecule has 2 amide bonds. The highest BCUT2D eigenvalue weighted by molar-refractivity contribution is 5.91. The molecule has 1 aliphatic rings. The van der Waals surface area contributed by atoms with Gasteiger partial charge in [0, 0.05) is 25.7 Å². The number of carbonyl (C=O) groups excluding carboxylic acids is 2. The number of amides is 2. The third kappa shape index (κ3) is 6.38. The fraction of sp³-hybridized carbons (Fsp3) is 0.714. The standard InChI is InChI=1S/C14H25N3O2/c1-16(2)10-6-9-14(19)17(3)11-13(18)15-12-7-4-5-8-12/h6,9,12H,4-5,7-8,10-11H2,1-3H3,(H,15,18)/b9-6+. The molecule has 0 radical (unpaired) electrons. The Hall–Kier alpha value is -1.36. The van der Waals surface area contributed by atoms with Crippen molar-refractivity contribution in [3.8, 4) is 0 Å². The van der Waals surface area contributed by atoms with E-state index < -0.39 is 0 Å². The van der Waals surface area contributed by atoms with Crippen LogP contribution in [0.1, 0.15) is 25.7 Å². The molecular formula is C14H25N3O2. The van der Waals surface area contributed by atoms with E-state index in [2.05, 4.69) is 5.32 Å². The molecule has 1 aliphatic carbocycles. The van der Waals surface area contributed by atoms with Crippen molar-refractivity contribution in [2.75, 3.05) is 34.2 Å². The lowest BCUT2D eigenvalue weighted by atomic mass is 10.2. The second kappa shape index (κ2) is 7.94. The predicted molar refractivity (Wildman–Crippen MR) is 75.7 cm³/mol. The average Bonchev–Trinajstić information content (AvgIpc) is 2.80. The molecule has 19 heavy (non-hydrogen) atoms. The Kier molecular flexibility index (Phi) is 6.56. The molecule has 0 aromatic carbocycles. The second-order valence-electron chi connectivity index (χ2n) is 5.41. The van der Waals surface area contributed by atoms with Gasteiger partial charge in [0.1, 0.15) is 0 Å². The monoisotopic (exact) mass is 267 g/mol. The minimum Gasteiger partial charge on any atom is -0.352 e. The molecule has 0 spiro atoms. The number of likely N-dealkylation sites (N-methyl/N-ethyl adjacent to an activating group) is 2. The highest BCUT2D eigenvalue weighted by atomic mass is 16.2. The van der Waals surface area contributed by atoms with E-state index in [0.717, 1.165) is 12.8 Å². The molecule has 1 fully saturated rings. The van der Waals surface area contributed by atoms with Gasteiger partial charge in [-0.1, -0.05) is 18.9 Å². The molecule has 0 unspecified atom stereocenters. The zero-order valence-corrected chi connectivity index (χ0v) is 12.2. The van der Waals surface area contributed by atoms with Crippen molar-refractivity contribution in [2.45, 2.75) is 31.7 Å². The molecule has 108 valence electrons. The molecule has 5 nitrogen and oxygen atoms in total. The van der Waals surface area contributed by atoms with Crippen LogP contribution < -0.4 is 5.32 Å². The lowest BCUT2D eigenvalue weighted by Gasteiger charge is -2.17. The van der Waals surface area contributed by atoms with Crippen LogP contribution in [0, 0.1) is 0 Å². The Morgan fingerprint density at radius 1 is 1.21 bits per heavy atom. The van der Waals surface area contributed by atoms with Crippen LogP contribution in [-0.4, -0.2) is 61.9 Å². The van der Waals surface area contributed by atoms with Gasteiger partial charge in [-0.05, 0) is 26.9 Å². The smallest absolute Gasteiger partial charge is 0.246 e. The first-order valence-corrected chi connectivity index (χ1v) is 6.84. The minimum absolute atomic E-state index is 0.0660. The third-order valence-electron chi connectivity index (χ3n) is 3.21. The van der Waals surface area contributed by atoms with Crippen LogP contribution in [0.3, 0.4) is 0 Å². The van der Waals surface area contributed by atoms with Crippen LogP contribution >= 0.6 is 0 Å². The quantitative estimate of drug-likeness (QED) is 0.718. The zero-order chi connectivity index (χ0) is 14.3. The Labute approximate surface area is 115 Å². The van der Waals surface area contributed by atoms with E-state index in [1.54, 1.807) is 13.1 Å². The van der Waals surface area contributed by atoms with E-state index in [0.29, 0.717) is 12.6 Å². The number of hydrogen-bond donors (Lipinski definition) is 1. The van der Waals surface area contributed by atoms with Crippen molar-refractivity contribution in [1.82, 2.24) is 15.1 Å². The molecule has 0 saturated heterocycles. The van der Waals surface area contributed by atoms with Crippen molar-refractivity contribution in [1.29, 1.82) is 0 Å². The van der Waals surface area contributed by atoms with E-state index in [4.69, 9.17) is 0 Å². The summed E-state index contributed by atoms with van der Waals surface area (Å²) in [6.07, 6.45) is 7.81. The van der Waals surface area contributed by atoms with E-state index >= 15 is 0 Å². The van der Waals surface area contributed by atoms with Gasteiger partial charge in [-0.25, -0.2) is 0 Å². The maximum Gasteiger partial charge on any atom is 0.246 e. The normalized spacial score (nSPS) is 16.2. The van der Waals surface area contributed by atoms with Crippen LogP contribution in [0.15, 0.2) is 12.2 Å². The summed E-state index contributed by atoms with van der Waals surface area (Å²) in [5.74, 6) is -0.202. The van der Waals surface area contributed by atoms with E-state index in [1.807, 2.05) is 19.0 Å². The van der Waals surface area contributed by atoms with Gasteiger partial charge in [-0.15, -0.1) is 0 Å². The molecular weight excluding hydrogens is 242 g/mol. The fourth-order valence-electron chi connectivity index (χ4n) is 2.13. The third-order valence-corrected chi connectivity index (χ3v) is 3.21. The summed E-state index contributed by atoms with van der Waals surface area (Å²) in [5, 5.41) is 2.97. The first-order valence-electron chi connectivity index (χ1n) is 6.84. The molecule has 1 N–H and O–H groups in total. The Morgan fingerprint density at radius 3 is 2.42 bits per heavy atom. The minimum atomic E-state index is -0.136. The fourth-order valence-corrected chi connectivity index (χ4v) is 2.13. The summed E-state index contributed by atoms with van der Waals surface area (Å²) in [6.45, 7) is 0.843. The summed E-state index contributed by atoms with van der Waals surface area (Å²) < 4.78 is 0. The van der Waals surface area contributed by atoms with Gasteiger partial charge in [0.25, 0.3) is 0 Å². The molecule has 5 heteroatoms. The molecule has 1 saturated carbocycles. The zero-order valence-electron chi connectivity index (χ0n) is 12.2. The van der Waals surface area contributed by atoms with Gasteiger partial charge in [0.15, 0.2) is 0 Å². The molecule has 0 aromatic heterocycles. The van der Waals surface area contributed by atoms with Gasteiger partial charge in [0.05, 0.1) is 6.54 Å². The molecule has 0 atom stereocenters. The summed E-state index contributed by atoms with van der Waals surface area (Å²) in [5.41, 5.74) is 0.